The van der Waals surface area contributed by atoms with Crippen molar-refractivity contribution in [1.82, 2.24) is 5.32 Å². The zero-order valence-corrected chi connectivity index (χ0v) is 13.8. The molecule has 0 aromatic heterocycles. The molecule has 3 N–H and O–H groups in total. The number of sulfonamides is 1. The summed E-state index contributed by atoms with van der Waals surface area (Å²) in [5.74, 6) is -0.882. The highest BCUT2D eigenvalue weighted by molar-refractivity contribution is 9.10. The molecule has 21 heavy (non-hydrogen) atoms. The summed E-state index contributed by atoms with van der Waals surface area (Å²) >= 11 is 3.02. The van der Waals surface area contributed by atoms with Crippen LogP contribution in [-0.2, 0) is 10.0 Å². The Morgan fingerprint density at radius 2 is 2.19 bits per heavy atom. The highest BCUT2D eigenvalue weighted by atomic mass is 79.9. The smallest absolute Gasteiger partial charge is 0.252 e. The van der Waals surface area contributed by atoms with Gasteiger partial charge in [-0.15, -0.1) is 0 Å². The van der Waals surface area contributed by atoms with Crippen molar-refractivity contribution in [2.24, 2.45) is 11.1 Å². The molecule has 0 spiro atoms. The first-order valence-electron chi connectivity index (χ1n) is 6.56. The van der Waals surface area contributed by atoms with Crippen LogP contribution in [0.1, 0.15) is 36.5 Å². The fourth-order valence-corrected chi connectivity index (χ4v) is 4.02. The SMILES string of the molecule is CCCC1CC1NC(=O)c1cc(F)cc(S(N)(=O)=O)c1Br. The Bertz CT molecular complexity index is 678. The molecule has 1 amide bonds. The Hall–Kier alpha value is -0.990. The van der Waals surface area contributed by atoms with Gasteiger partial charge >= 0.3 is 0 Å². The quantitative estimate of drug-likeness (QED) is 0.822. The lowest BCUT2D eigenvalue weighted by Crippen LogP contribution is -2.28. The summed E-state index contributed by atoms with van der Waals surface area (Å²) in [7, 11) is -4.11. The minimum Gasteiger partial charge on any atom is -0.349 e. The number of nitrogens with one attached hydrogen (secondary N) is 1. The first-order valence-corrected chi connectivity index (χ1v) is 8.90. The van der Waals surface area contributed by atoms with Crippen LogP contribution in [0.4, 0.5) is 4.39 Å². The molecule has 1 aromatic carbocycles. The molecule has 2 atom stereocenters. The van der Waals surface area contributed by atoms with Crippen LogP contribution in [0, 0.1) is 11.7 Å². The second kappa shape index (κ2) is 6.02. The first-order chi connectivity index (χ1) is 9.74. The standard InChI is InChI=1S/C13H16BrFN2O3S/c1-2-3-7-4-10(7)17-13(18)9-5-8(15)6-11(12(9)14)21(16,19)20/h5-7,10H,2-4H2,1H3,(H,17,18)(H2,16,19,20). The van der Waals surface area contributed by atoms with Gasteiger partial charge in [-0.1, -0.05) is 13.3 Å². The molecule has 0 heterocycles. The third-order valence-electron chi connectivity index (χ3n) is 3.45. The normalized spacial score (nSPS) is 21.1. The van der Waals surface area contributed by atoms with E-state index in [1.54, 1.807) is 0 Å². The number of hydrogen-bond donors (Lipinski definition) is 2. The van der Waals surface area contributed by atoms with Crippen LogP contribution < -0.4 is 10.5 Å². The van der Waals surface area contributed by atoms with Gasteiger partial charge in [0.15, 0.2) is 0 Å². The lowest BCUT2D eigenvalue weighted by Gasteiger charge is -2.10. The van der Waals surface area contributed by atoms with Gasteiger partial charge in [-0.05, 0) is 46.8 Å². The molecular formula is C13H16BrFN2O3S. The lowest BCUT2D eigenvalue weighted by molar-refractivity contribution is 0.0947. The minimum absolute atomic E-state index is 0.0170. The maximum absolute atomic E-state index is 13.5. The van der Waals surface area contributed by atoms with E-state index in [0.29, 0.717) is 5.92 Å². The Morgan fingerprint density at radius 1 is 1.52 bits per heavy atom. The van der Waals surface area contributed by atoms with E-state index < -0.39 is 26.6 Å². The van der Waals surface area contributed by atoms with E-state index in [1.807, 2.05) is 0 Å². The summed E-state index contributed by atoms with van der Waals surface area (Å²) in [6.45, 7) is 2.07. The van der Waals surface area contributed by atoms with Gasteiger partial charge in [0.25, 0.3) is 5.91 Å². The van der Waals surface area contributed by atoms with E-state index >= 15 is 0 Å². The highest BCUT2D eigenvalue weighted by Gasteiger charge is 2.37. The van der Waals surface area contributed by atoms with Crippen molar-refractivity contribution in [3.63, 3.8) is 0 Å². The number of amides is 1. The zero-order chi connectivity index (χ0) is 15.8. The summed E-state index contributed by atoms with van der Waals surface area (Å²) in [6.07, 6.45) is 2.96. The number of hydrogen-bond acceptors (Lipinski definition) is 3. The largest absolute Gasteiger partial charge is 0.349 e. The molecule has 1 aromatic rings. The Balaban J connectivity index is 2.24. The van der Waals surface area contributed by atoms with Crippen LogP contribution in [0.2, 0.25) is 0 Å². The molecule has 1 aliphatic carbocycles. The van der Waals surface area contributed by atoms with E-state index in [1.165, 1.54) is 0 Å². The Labute approximate surface area is 131 Å². The van der Waals surface area contributed by atoms with Crippen molar-refractivity contribution in [1.29, 1.82) is 0 Å². The van der Waals surface area contributed by atoms with Crippen LogP contribution in [-0.4, -0.2) is 20.4 Å². The topological polar surface area (TPSA) is 89.3 Å². The fourth-order valence-electron chi connectivity index (χ4n) is 2.30. The van der Waals surface area contributed by atoms with Gasteiger partial charge in [-0.2, -0.15) is 0 Å². The molecule has 0 saturated heterocycles. The van der Waals surface area contributed by atoms with Crippen LogP contribution in [0.15, 0.2) is 21.5 Å². The maximum atomic E-state index is 13.5. The third-order valence-corrected chi connectivity index (χ3v) is 5.51. The third kappa shape index (κ3) is 3.81. The molecule has 8 heteroatoms. The van der Waals surface area contributed by atoms with Gasteiger partial charge in [-0.3, -0.25) is 4.79 Å². The van der Waals surface area contributed by atoms with E-state index in [0.717, 1.165) is 31.4 Å². The van der Waals surface area contributed by atoms with Crippen molar-refractivity contribution in [2.45, 2.75) is 37.1 Å². The van der Waals surface area contributed by atoms with Gasteiger partial charge in [0.05, 0.1) is 14.9 Å². The summed E-state index contributed by atoms with van der Waals surface area (Å²) in [6, 6.07) is 1.85. The van der Waals surface area contributed by atoms with Crippen molar-refractivity contribution in [3.05, 3.63) is 28.0 Å². The number of halogens is 2. The van der Waals surface area contributed by atoms with Gasteiger partial charge in [-0.25, -0.2) is 17.9 Å². The molecule has 0 radical (unpaired) electrons. The van der Waals surface area contributed by atoms with E-state index in [-0.39, 0.29) is 16.1 Å². The first kappa shape index (κ1) is 16.4. The summed E-state index contributed by atoms with van der Waals surface area (Å²) in [5, 5.41) is 7.80. The molecule has 0 bridgehead atoms. The second-order valence-corrected chi connectivity index (χ2v) is 7.50. The number of nitrogens with two attached hydrogens (primary N) is 1. The van der Waals surface area contributed by atoms with Gasteiger partial charge in [0.2, 0.25) is 10.0 Å². The molecule has 1 saturated carbocycles. The summed E-state index contributed by atoms with van der Waals surface area (Å²) < 4.78 is 36.3. The van der Waals surface area contributed by atoms with Crippen molar-refractivity contribution >= 4 is 31.9 Å². The lowest BCUT2D eigenvalue weighted by atomic mass is 10.2. The van der Waals surface area contributed by atoms with E-state index in [4.69, 9.17) is 5.14 Å². The van der Waals surface area contributed by atoms with Gasteiger partial charge < -0.3 is 5.32 Å². The van der Waals surface area contributed by atoms with Crippen LogP contribution >= 0.6 is 15.9 Å². The summed E-state index contributed by atoms with van der Waals surface area (Å²) in [5.41, 5.74) is -0.0684. The summed E-state index contributed by atoms with van der Waals surface area (Å²) in [4.78, 5) is 11.7. The average Bonchev–Trinajstić information content (AvgIpc) is 3.08. The Morgan fingerprint density at radius 3 is 2.76 bits per heavy atom. The van der Waals surface area contributed by atoms with Gasteiger partial charge in [0, 0.05) is 6.04 Å². The average molecular weight is 379 g/mol. The van der Waals surface area contributed by atoms with E-state index in [2.05, 4.69) is 28.2 Å². The predicted molar refractivity (Wildman–Crippen MR) is 79.7 cm³/mol. The van der Waals surface area contributed by atoms with Crippen molar-refractivity contribution in [3.8, 4) is 0 Å². The highest BCUT2D eigenvalue weighted by Crippen LogP contribution is 2.35. The minimum atomic E-state index is -4.11. The number of carbonyl (C=O) groups is 1. The van der Waals surface area contributed by atoms with Crippen molar-refractivity contribution in [2.75, 3.05) is 0 Å². The molecule has 116 valence electrons. The molecule has 1 fully saturated rings. The monoisotopic (exact) mass is 378 g/mol. The fraction of sp³-hybridized carbons (Fsp3) is 0.462. The van der Waals surface area contributed by atoms with Crippen LogP contribution in [0.25, 0.3) is 0 Å². The van der Waals surface area contributed by atoms with Crippen LogP contribution in [0.5, 0.6) is 0 Å². The number of benzene rings is 1. The molecule has 0 aliphatic heterocycles. The zero-order valence-electron chi connectivity index (χ0n) is 11.4. The molecular weight excluding hydrogens is 363 g/mol. The van der Waals surface area contributed by atoms with E-state index in [9.17, 15) is 17.6 Å². The molecule has 1 aliphatic rings. The van der Waals surface area contributed by atoms with Crippen molar-refractivity contribution < 1.29 is 17.6 Å². The van der Waals surface area contributed by atoms with Gasteiger partial charge in [0.1, 0.15) is 5.82 Å². The number of rotatable bonds is 5. The Kier molecular flexibility index (Phi) is 4.69. The number of carbonyl (C=O) groups excluding carboxylic acids is 1. The number of primary sulfonamides is 1. The second-order valence-electron chi connectivity index (χ2n) is 5.17. The molecule has 5 nitrogen and oxygen atoms in total. The predicted octanol–water partition coefficient (Wildman–Crippen LogP) is 2.15. The molecule has 2 rings (SSSR count). The maximum Gasteiger partial charge on any atom is 0.252 e. The van der Waals surface area contributed by atoms with Crippen LogP contribution in [0.3, 0.4) is 0 Å². The molecule has 2 unspecified atom stereocenters.